The van der Waals surface area contributed by atoms with Crippen LogP contribution in [0.4, 0.5) is 5.82 Å². The minimum absolute atomic E-state index is 0.661. The van der Waals surface area contributed by atoms with Crippen LogP contribution in [0.15, 0.2) is 18.2 Å². The molecule has 4 nitrogen and oxygen atoms in total. The number of methoxy groups -OCH3 is 1. The second-order valence-electron chi connectivity index (χ2n) is 4.49. The van der Waals surface area contributed by atoms with E-state index in [1.807, 2.05) is 18.2 Å². The van der Waals surface area contributed by atoms with Gasteiger partial charge in [0, 0.05) is 12.6 Å². The third-order valence-electron chi connectivity index (χ3n) is 3.19. The van der Waals surface area contributed by atoms with Crippen molar-refractivity contribution in [3.05, 3.63) is 18.2 Å². The zero-order chi connectivity index (χ0) is 11.9. The zero-order valence-corrected chi connectivity index (χ0v) is 10.4. The molecule has 1 aliphatic heterocycles. The van der Waals surface area contributed by atoms with Gasteiger partial charge in [-0.05, 0) is 44.3 Å². The fraction of sp³-hybridized carbons (Fsp3) is 0.615. The molecule has 0 aliphatic carbocycles. The highest BCUT2D eigenvalue weighted by atomic mass is 16.5. The van der Waals surface area contributed by atoms with Crippen molar-refractivity contribution in [3.8, 4) is 5.88 Å². The van der Waals surface area contributed by atoms with Crippen molar-refractivity contribution in [1.29, 1.82) is 0 Å². The van der Waals surface area contributed by atoms with Gasteiger partial charge in [-0.1, -0.05) is 6.07 Å². The molecular formula is C13H21N3O. The van der Waals surface area contributed by atoms with E-state index in [4.69, 9.17) is 4.74 Å². The van der Waals surface area contributed by atoms with Crippen LogP contribution in [0.3, 0.4) is 0 Å². The molecule has 1 aromatic heterocycles. The lowest BCUT2D eigenvalue weighted by molar-refractivity contribution is 0.364. The summed E-state index contributed by atoms with van der Waals surface area (Å²) in [5.41, 5.74) is 0. The van der Waals surface area contributed by atoms with Gasteiger partial charge in [-0.2, -0.15) is 4.98 Å². The van der Waals surface area contributed by atoms with Crippen LogP contribution in [0.1, 0.15) is 19.3 Å². The van der Waals surface area contributed by atoms with Crippen LogP contribution >= 0.6 is 0 Å². The fourth-order valence-electron chi connectivity index (χ4n) is 2.20. The van der Waals surface area contributed by atoms with Crippen molar-refractivity contribution in [2.45, 2.75) is 19.3 Å². The average Bonchev–Trinajstić information content (AvgIpc) is 2.40. The highest BCUT2D eigenvalue weighted by Crippen LogP contribution is 2.15. The summed E-state index contributed by atoms with van der Waals surface area (Å²) in [5.74, 6) is 2.37. The molecule has 1 unspecified atom stereocenters. The Morgan fingerprint density at radius 3 is 3.24 bits per heavy atom. The van der Waals surface area contributed by atoms with E-state index < -0.39 is 0 Å². The first kappa shape index (κ1) is 12.2. The summed E-state index contributed by atoms with van der Waals surface area (Å²) in [6.45, 7) is 3.32. The quantitative estimate of drug-likeness (QED) is 0.818. The third-order valence-corrected chi connectivity index (χ3v) is 3.19. The first-order chi connectivity index (χ1) is 8.38. The molecule has 0 radical (unpaired) electrons. The minimum atomic E-state index is 0.661. The zero-order valence-electron chi connectivity index (χ0n) is 10.4. The van der Waals surface area contributed by atoms with Crippen molar-refractivity contribution in [2.24, 2.45) is 5.92 Å². The van der Waals surface area contributed by atoms with E-state index in [0.717, 1.165) is 24.8 Å². The summed E-state index contributed by atoms with van der Waals surface area (Å²) < 4.78 is 5.09. The Morgan fingerprint density at radius 2 is 2.47 bits per heavy atom. The maximum atomic E-state index is 5.09. The standard InChI is InChI=1S/C13H21N3O/c1-17-13-6-2-5-12(16-13)15-9-7-11-4-3-8-14-10-11/h2,5-6,11,14H,3-4,7-10H2,1H3,(H,15,16). The molecule has 2 heterocycles. The van der Waals surface area contributed by atoms with Gasteiger partial charge >= 0.3 is 0 Å². The molecule has 1 aromatic rings. The molecule has 0 bridgehead atoms. The highest BCUT2D eigenvalue weighted by Gasteiger charge is 2.12. The number of anilines is 1. The van der Waals surface area contributed by atoms with Crippen molar-refractivity contribution in [3.63, 3.8) is 0 Å². The van der Waals surface area contributed by atoms with Crippen LogP contribution in [-0.2, 0) is 0 Å². The minimum Gasteiger partial charge on any atom is -0.481 e. The Labute approximate surface area is 103 Å². The van der Waals surface area contributed by atoms with Crippen LogP contribution in [0.5, 0.6) is 5.88 Å². The molecule has 0 saturated carbocycles. The maximum absolute atomic E-state index is 5.09. The summed E-state index contributed by atoms with van der Waals surface area (Å²) in [4.78, 5) is 4.32. The van der Waals surface area contributed by atoms with E-state index in [0.29, 0.717) is 5.88 Å². The van der Waals surface area contributed by atoms with Gasteiger partial charge in [0.15, 0.2) is 0 Å². The number of aromatic nitrogens is 1. The Hall–Kier alpha value is -1.29. The SMILES string of the molecule is COc1cccc(NCCC2CCCNC2)n1. The fourth-order valence-corrected chi connectivity index (χ4v) is 2.20. The van der Waals surface area contributed by atoms with Crippen LogP contribution in [0.25, 0.3) is 0 Å². The van der Waals surface area contributed by atoms with Gasteiger partial charge < -0.3 is 15.4 Å². The van der Waals surface area contributed by atoms with Gasteiger partial charge in [-0.3, -0.25) is 0 Å². The van der Waals surface area contributed by atoms with Crippen LogP contribution in [0, 0.1) is 5.92 Å². The van der Waals surface area contributed by atoms with Gasteiger partial charge in [0.2, 0.25) is 5.88 Å². The molecule has 1 saturated heterocycles. The molecule has 0 amide bonds. The van der Waals surface area contributed by atoms with E-state index in [1.54, 1.807) is 7.11 Å². The van der Waals surface area contributed by atoms with Crippen molar-refractivity contribution in [2.75, 3.05) is 32.1 Å². The van der Waals surface area contributed by atoms with Crippen molar-refractivity contribution < 1.29 is 4.74 Å². The predicted molar refractivity (Wildman–Crippen MR) is 69.5 cm³/mol. The second kappa shape index (κ2) is 6.45. The van der Waals surface area contributed by atoms with Crippen LogP contribution in [-0.4, -0.2) is 31.7 Å². The summed E-state index contributed by atoms with van der Waals surface area (Å²) in [6.07, 6.45) is 3.86. The number of hydrogen-bond acceptors (Lipinski definition) is 4. The monoisotopic (exact) mass is 235 g/mol. The number of nitrogens with one attached hydrogen (secondary N) is 2. The van der Waals surface area contributed by atoms with Crippen molar-refractivity contribution >= 4 is 5.82 Å². The summed E-state index contributed by atoms with van der Waals surface area (Å²) in [7, 11) is 1.64. The Morgan fingerprint density at radius 1 is 1.53 bits per heavy atom. The van der Waals surface area contributed by atoms with E-state index in [1.165, 1.54) is 25.8 Å². The molecule has 2 N–H and O–H groups in total. The Bertz CT molecular complexity index is 337. The van der Waals surface area contributed by atoms with Crippen LogP contribution < -0.4 is 15.4 Å². The molecule has 2 rings (SSSR count). The van der Waals surface area contributed by atoms with Gasteiger partial charge in [-0.25, -0.2) is 0 Å². The second-order valence-corrected chi connectivity index (χ2v) is 4.49. The number of rotatable bonds is 5. The van der Waals surface area contributed by atoms with Gasteiger partial charge in [0.05, 0.1) is 7.11 Å². The predicted octanol–water partition coefficient (Wildman–Crippen LogP) is 1.89. The number of hydrogen-bond donors (Lipinski definition) is 2. The van der Waals surface area contributed by atoms with Gasteiger partial charge in [0.25, 0.3) is 0 Å². The smallest absolute Gasteiger partial charge is 0.214 e. The normalized spacial score (nSPS) is 19.9. The molecule has 17 heavy (non-hydrogen) atoms. The summed E-state index contributed by atoms with van der Waals surface area (Å²) in [6, 6.07) is 5.79. The molecule has 4 heteroatoms. The van der Waals surface area contributed by atoms with E-state index in [2.05, 4.69) is 15.6 Å². The molecule has 94 valence electrons. The van der Waals surface area contributed by atoms with E-state index in [-0.39, 0.29) is 0 Å². The topological polar surface area (TPSA) is 46.2 Å². The number of pyridine rings is 1. The summed E-state index contributed by atoms with van der Waals surface area (Å²) >= 11 is 0. The molecule has 1 aliphatic rings. The van der Waals surface area contributed by atoms with E-state index in [9.17, 15) is 0 Å². The molecule has 1 fully saturated rings. The van der Waals surface area contributed by atoms with Gasteiger partial charge in [-0.15, -0.1) is 0 Å². The molecule has 1 atom stereocenters. The molecule has 0 aromatic carbocycles. The van der Waals surface area contributed by atoms with Gasteiger partial charge in [0.1, 0.15) is 5.82 Å². The first-order valence-corrected chi connectivity index (χ1v) is 6.34. The highest BCUT2D eigenvalue weighted by molar-refractivity contribution is 5.36. The average molecular weight is 235 g/mol. The maximum Gasteiger partial charge on any atom is 0.214 e. The lowest BCUT2D eigenvalue weighted by atomic mass is 9.96. The number of ether oxygens (including phenoxy) is 1. The molecule has 0 spiro atoms. The largest absolute Gasteiger partial charge is 0.481 e. The number of piperidine rings is 1. The number of nitrogens with zero attached hydrogens (tertiary/aromatic N) is 1. The Kier molecular flexibility index (Phi) is 4.62. The lowest BCUT2D eigenvalue weighted by Crippen LogP contribution is -2.30. The van der Waals surface area contributed by atoms with Crippen molar-refractivity contribution in [1.82, 2.24) is 10.3 Å². The van der Waals surface area contributed by atoms with E-state index >= 15 is 0 Å². The molecular weight excluding hydrogens is 214 g/mol. The lowest BCUT2D eigenvalue weighted by Gasteiger charge is -2.22. The Balaban J connectivity index is 1.73. The summed E-state index contributed by atoms with van der Waals surface area (Å²) in [5, 5.41) is 6.79. The third kappa shape index (κ3) is 3.89. The first-order valence-electron chi connectivity index (χ1n) is 6.34. The van der Waals surface area contributed by atoms with Crippen LogP contribution in [0.2, 0.25) is 0 Å².